The minimum absolute atomic E-state index is 0.0222. The van der Waals surface area contributed by atoms with Gasteiger partial charge in [-0.3, -0.25) is 9.69 Å². The third-order valence-corrected chi connectivity index (χ3v) is 6.95. The Morgan fingerprint density at radius 1 is 1.34 bits per heavy atom. The van der Waals surface area contributed by atoms with Crippen molar-refractivity contribution in [2.45, 2.75) is 51.6 Å². The average Bonchev–Trinajstić information content (AvgIpc) is 3.10. The highest BCUT2D eigenvalue weighted by Crippen LogP contribution is 2.28. The number of nitrogens with zero attached hydrogens (tertiary/aromatic N) is 2. The van der Waals surface area contributed by atoms with Crippen molar-refractivity contribution in [1.82, 2.24) is 15.2 Å². The van der Waals surface area contributed by atoms with Crippen LogP contribution < -0.4 is 10.1 Å². The highest BCUT2D eigenvalue weighted by atomic mass is 32.1. The van der Waals surface area contributed by atoms with Crippen LogP contribution in [0.3, 0.4) is 0 Å². The first-order valence-corrected chi connectivity index (χ1v) is 11.3. The second-order valence-electron chi connectivity index (χ2n) is 8.11. The molecule has 0 spiro atoms. The molecular formula is C22H28FN3O2S. The van der Waals surface area contributed by atoms with Gasteiger partial charge < -0.3 is 10.1 Å². The molecule has 3 heterocycles. The van der Waals surface area contributed by atoms with E-state index in [1.165, 1.54) is 17.0 Å². The number of thiazole rings is 1. The van der Waals surface area contributed by atoms with Gasteiger partial charge in [0.25, 0.3) is 5.91 Å². The number of aryl methyl sites for hydroxylation is 2. The lowest BCUT2D eigenvalue weighted by atomic mass is 9.87. The molecule has 0 saturated carbocycles. The van der Waals surface area contributed by atoms with Crippen LogP contribution in [-0.4, -0.2) is 41.5 Å². The lowest BCUT2D eigenvalue weighted by Crippen LogP contribution is -2.51. The number of rotatable bonds is 2. The van der Waals surface area contributed by atoms with Crippen LogP contribution in [0.25, 0.3) is 0 Å². The van der Waals surface area contributed by atoms with Crippen molar-refractivity contribution in [2.75, 3.05) is 19.7 Å². The number of benzene rings is 1. The van der Waals surface area contributed by atoms with Crippen LogP contribution in [0.1, 0.15) is 41.8 Å². The van der Waals surface area contributed by atoms with E-state index >= 15 is 0 Å². The second-order valence-corrected chi connectivity index (χ2v) is 9.04. The quantitative estimate of drug-likeness (QED) is 0.810. The summed E-state index contributed by atoms with van der Waals surface area (Å²) in [6.45, 7) is 4.93. The lowest BCUT2D eigenvalue weighted by molar-refractivity contribution is -0.124. The van der Waals surface area contributed by atoms with Gasteiger partial charge in [-0.1, -0.05) is 6.42 Å². The first-order valence-electron chi connectivity index (χ1n) is 10.4. The molecule has 1 fully saturated rings. The molecule has 1 aromatic heterocycles. The Hall–Kier alpha value is -1.99. The summed E-state index contributed by atoms with van der Waals surface area (Å²) in [5.74, 6) is 0.689. The van der Waals surface area contributed by atoms with Gasteiger partial charge in [0, 0.05) is 30.6 Å². The Labute approximate surface area is 175 Å². The average molecular weight is 418 g/mol. The van der Waals surface area contributed by atoms with E-state index in [1.807, 2.05) is 5.51 Å². The molecule has 7 heteroatoms. The van der Waals surface area contributed by atoms with Crippen LogP contribution in [0.5, 0.6) is 5.75 Å². The molecule has 4 rings (SSSR count). The number of carbonyl (C=O) groups excluding carboxylic acids is 1. The van der Waals surface area contributed by atoms with E-state index in [4.69, 9.17) is 4.74 Å². The number of ether oxygens (including phenoxy) is 1. The number of piperidine rings is 1. The number of fused-ring (bicyclic) bond motifs is 2. The Balaban J connectivity index is 1.43. The van der Waals surface area contributed by atoms with Gasteiger partial charge in [0.2, 0.25) is 0 Å². The summed E-state index contributed by atoms with van der Waals surface area (Å²) in [4.78, 5) is 20.7. The van der Waals surface area contributed by atoms with Crippen LogP contribution in [0.4, 0.5) is 4.39 Å². The van der Waals surface area contributed by atoms with Gasteiger partial charge in [0.15, 0.2) is 6.61 Å². The number of amides is 1. The molecule has 29 heavy (non-hydrogen) atoms. The fraction of sp³-hybridized carbons (Fsp3) is 0.545. The first kappa shape index (κ1) is 20.3. The maximum atomic E-state index is 13.6. The van der Waals surface area contributed by atoms with Crippen LogP contribution >= 0.6 is 11.3 Å². The summed E-state index contributed by atoms with van der Waals surface area (Å²) in [5, 5.41) is 3.20. The number of halogens is 1. The second kappa shape index (κ2) is 9.22. The number of likely N-dealkylation sites (tertiary alicyclic amines) is 1. The van der Waals surface area contributed by atoms with Gasteiger partial charge in [0.1, 0.15) is 11.6 Å². The highest BCUT2D eigenvalue weighted by molar-refractivity contribution is 7.09. The van der Waals surface area contributed by atoms with Crippen LogP contribution in [0.2, 0.25) is 0 Å². The molecule has 5 nitrogen and oxygen atoms in total. The van der Waals surface area contributed by atoms with Crippen molar-refractivity contribution in [1.29, 1.82) is 0 Å². The fourth-order valence-electron chi connectivity index (χ4n) is 4.41. The summed E-state index contributed by atoms with van der Waals surface area (Å²) in [7, 11) is 0. The van der Waals surface area contributed by atoms with Crippen LogP contribution in [0, 0.1) is 18.7 Å². The zero-order valence-electron chi connectivity index (χ0n) is 16.8. The molecule has 0 aliphatic carbocycles. The number of carbonyl (C=O) groups is 1. The van der Waals surface area contributed by atoms with E-state index in [9.17, 15) is 9.18 Å². The number of aromatic nitrogens is 1. The zero-order chi connectivity index (χ0) is 20.2. The predicted octanol–water partition coefficient (Wildman–Crippen LogP) is 3.70. The Morgan fingerprint density at radius 2 is 2.24 bits per heavy atom. The van der Waals surface area contributed by atoms with Crippen molar-refractivity contribution in [3.8, 4) is 5.75 Å². The van der Waals surface area contributed by atoms with Crippen molar-refractivity contribution in [3.63, 3.8) is 0 Å². The molecule has 1 amide bonds. The normalized spacial score (nSPS) is 23.7. The molecule has 1 N–H and O–H groups in total. The van der Waals surface area contributed by atoms with Crippen LogP contribution in [-0.2, 0) is 17.8 Å². The molecule has 2 aliphatic heterocycles. The van der Waals surface area contributed by atoms with Gasteiger partial charge in [-0.15, -0.1) is 11.3 Å². The largest absolute Gasteiger partial charge is 0.483 e. The number of hydrogen-bond donors (Lipinski definition) is 1. The Kier molecular flexibility index (Phi) is 6.45. The zero-order valence-corrected chi connectivity index (χ0v) is 17.6. The molecule has 156 valence electrons. The summed E-state index contributed by atoms with van der Waals surface area (Å²) >= 11 is 1.72. The van der Waals surface area contributed by atoms with E-state index < -0.39 is 0 Å². The van der Waals surface area contributed by atoms with E-state index in [0.29, 0.717) is 11.7 Å². The van der Waals surface area contributed by atoms with E-state index in [0.717, 1.165) is 63.0 Å². The number of nitrogens with one attached hydrogen (secondary N) is 1. The van der Waals surface area contributed by atoms with Gasteiger partial charge >= 0.3 is 0 Å². The van der Waals surface area contributed by atoms with Gasteiger partial charge in [0.05, 0.1) is 11.2 Å². The molecule has 0 unspecified atom stereocenters. The van der Waals surface area contributed by atoms with Crippen molar-refractivity contribution >= 4 is 17.2 Å². The topological polar surface area (TPSA) is 54.5 Å². The van der Waals surface area contributed by atoms with E-state index in [1.54, 1.807) is 17.4 Å². The first-order chi connectivity index (χ1) is 14.1. The number of hydrogen-bond acceptors (Lipinski definition) is 5. The van der Waals surface area contributed by atoms with Crippen molar-refractivity contribution in [3.05, 3.63) is 45.7 Å². The van der Waals surface area contributed by atoms with E-state index in [2.05, 4.69) is 22.1 Å². The molecule has 2 aliphatic rings. The molecule has 2 aromatic rings. The highest BCUT2D eigenvalue weighted by Gasteiger charge is 2.30. The predicted molar refractivity (Wildman–Crippen MR) is 112 cm³/mol. The summed E-state index contributed by atoms with van der Waals surface area (Å²) in [6.07, 6.45) is 4.84. The maximum Gasteiger partial charge on any atom is 0.258 e. The summed E-state index contributed by atoms with van der Waals surface area (Å²) < 4.78 is 19.4. The third kappa shape index (κ3) is 5.14. The summed E-state index contributed by atoms with van der Waals surface area (Å²) in [6, 6.07) is 4.74. The van der Waals surface area contributed by atoms with Crippen LogP contribution in [0.15, 0.2) is 23.7 Å². The third-order valence-electron chi connectivity index (χ3n) is 6.03. The SMILES string of the molecule is Cc1ncsc1CN1CC[C@@H]2NC(=O)COc3ccc(F)cc3CCCC[C@@H]2C1. The Morgan fingerprint density at radius 3 is 3.07 bits per heavy atom. The van der Waals surface area contributed by atoms with Gasteiger partial charge in [-0.2, -0.15) is 0 Å². The standard InChI is InChI=1S/C22H28FN3O2S/c1-15-21(29-14-24-15)12-26-9-8-19-17(11-26)5-3-2-4-16-10-18(23)6-7-20(16)28-13-22(27)25-19/h6-7,10,14,17,19H,2-5,8-9,11-13H2,1H3,(H,25,27)/t17-,19+/m1/s1. The van der Waals surface area contributed by atoms with Gasteiger partial charge in [-0.25, -0.2) is 9.37 Å². The monoisotopic (exact) mass is 417 g/mol. The van der Waals surface area contributed by atoms with Gasteiger partial charge in [-0.05, 0) is 62.3 Å². The molecule has 0 bridgehead atoms. The summed E-state index contributed by atoms with van der Waals surface area (Å²) in [5.41, 5.74) is 3.88. The molecule has 2 atom stereocenters. The molecule has 0 radical (unpaired) electrons. The van der Waals surface area contributed by atoms with Crippen molar-refractivity contribution in [2.24, 2.45) is 5.92 Å². The molecule has 1 aromatic carbocycles. The minimum Gasteiger partial charge on any atom is -0.483 e. The minimum atomic E-state index is -0.259. The van der Waals surface area contributed by atoms with E-state index in [-0.39, 0.29) is 24.4 Å². The molecular weight excluding hydrogens is 389 g/mol. The van der Waals surface area contributed by atoms with Crippen molar-refractivity contribution < 1.29 is 13.9 Å². The smallest absolute Gasteiger partial charge is 0.258 e. The maximum absolute atomic E-state index is 13.6. The Bertz CT molecular complexity index is 856. The lowest BCUT2D eigenvalue weighted by Gasteiger charge is -2.39. The fourth-order valence-corrected chi connectivity index (χ4v) is 5.23. The molecule has 1 saturated heterocycles.